The van der Waals surface area contributed by atoms with E-state index in [-0.39, 0.29) is 34.6 Å². The van der Waals surface area contributed by atoms with E-state index in [2.05, 4.69) is 10.6 Å². The van der Waals surface area contributed by atoms with Crippen LogP contribution in [0.3, 0.4) is 0 Å². The molecule has 2 aromatic rings. The standard InChI is InChI=1S/C29H37N3O5S/c1-17(2)14-24-27(33)31-25(22-15-20-8-6-7-9-21(20)16-22)29(35)32(24)26(28(34)30-18(3)4)19-10-12-23(13-11-19)38(5,36)37/h6-13,17-18,22,24-26H,14-16H2,1-5H3,(H,30,34)(H,31,33)/t24-,25-,26+/m1/s1. The van der Waals surface area contributed by atoms with Gasteiger partial charge in [-0.05, 0) is 73.8 Å². The van der Waals surface area contributed by atoms with Crippen molar-refractivity contribution < 1.29 is 22.8 Å². The number of carbonyl (C=O) groups excluding carboxylic acids is 3. The predicted molar refractivity (Wildman–Crippen MR) is 145 cm³/mol. The summed E-state index contributed by atoms with van der Waals surface area (Å²) >= 11 is 0. The number of fused-ring (bicyclic) bond motifs is 1. The minimum atomic E-state index is -3.45. The van der Waals surface area contributed by atoms with Gasteiger partial charge in [-0.25, -0.2) is 8.42 Å². The fourth-order valence-corrected chi connectivity index (χ4v) is 6.20. The van der Waals surface area contributed by atoms with Gasteiger partial charge in [-0.1, -0.05) is 50.2 Å². The van der Waals surface area contributed by atoms with Crippen LogP contribution in [0, 0.1) is 11.8 Å². The first-order valence-electron chi connectivity index (χ1n) is 13.2. The first-order chi connectivity index (χ1) is 17.9. The fraction of sp³-hybridized carbons (Fsp3) is 0.483. The molecule has 0 radical (unpaired) electrons. The lowest BCUT2D eigenvalue weighted by Crippen LogP contribution is -2.67. The van der Waals surface area contributed by atoms with Gasteiger partial charge in [0.2, 0.25) is 17.7 Å². The number of carbonyl (C=O) groups is 3. The van der Waals surface area contributed by atoms with Crippen molar-refractivity contribution >= 4 is 27.6 Å². The number of sulfone groups is 1. The van der Waals surface area contributed by atoms with E-state index in [0.29, 0.717) is 24.8 Å². The number of nitrogens with zero attached hydrogens (tertiary/aromatic N) is 1. The topological polar surface area (TPSA) is 113 Å². The molecule has 2 N–H and O–H groups in total. The molecule has 9 heteroatoms. The van der Waals surface area contributed by atoms with Gasteiger partial charge in [-0.15, -0.1) is 0 Å². The van der Waals surface area contributed by atoms with Gasteiger partial charge >= 0.3 is 0 Å². The van der Waals surface area contributed by atoms with Crippen LogP contribution in [0.2, 0.25) is 0 Å². The number of hydrogen-bond acceptors (Lipinski definition) is 5. The third-order valence-corrected chi connectivity index (χ3v) is 8.42. The molecule has 0 saturated carbocycles. The van der Waals surface area contributed by atoms with E-state index < -0.39 is 33.9 Å². The van der Waals surface area contributed by atoms with Crippen molar-refractivity contribution in [1.82, 2.24) is 15.5 Å². The second kappa shape index (κ2) is 10.9. The summed E-state index contributed by atoms with van der Waals surface area (Å²) in [7, 11) is -3.45. The summed E-state index contributed by atoms with van der Waals surface area (Å²) in [5, 5.41) is 5.91. The van der Waals surface area contributed by atoms with Crippen molar-refractivity contribution in [3.8, 4) is 0 Å². The molecule has 204 valence electrons. The molecular weight excluding hydrogens is 502 g/mol. The van der Waals surface area contributed by atoms with Crippen molar-refractivity contribution in [3.63, 3.8) is 0 Å². The summed E-state index contributed by atoms with van der Waals surface area (Å²) in [6.07, 6.45) is 2.84. The number of amides is 3. The summed E-state index contributed by atoms with van der Waals surface area (Å²) < 4.78 is 24.1. The Kier molecular flexibility index (Phi) is 7.97. The van der Waals surface area contributed by atoms with Gasteiger partial charge in [0.1, 0.15) is 18.1 Å². The Morgan fingerprint density at radius 1 is 1.00 bits per heavy atom. The number of piperazine rings is 1. The largest absolute Gasteiger partial charge is 0.352 e. The minimum Gasteiger partial charge on any atom is -0.352 e. The molecule has 1 heterocycles. The Hall–Kier alpha value is -3.20. The second-order valence-corrected chi connectivity index (χ2v) is 13.2. The molecule has 0 unspecified atom stereocenters. The van der Waals surface area contributed by atoms with Crippen LogP contribution in [-0.4, -0.2) is 55.4 Å². The average molecular weight is 540 g/mol. The Balaban J connectivity index is 1.77. The van der Waals surface area contributed by atoms with Crippen molar-refractivity contribution in [2.24, 2.45) is 11.8 Å². The highest BCUT2D eigenvalue weighted by atomic mass is 32.2. The molecule has 1 aliphatic carbocycles. The molecule has 3 atom stereocenters. The molecule has 1 fully saturated rings. The Morgan fingerprint density at radius 3 is 2.08 bits per heavy atom. The van der Waals surface area contributed by atoms with E-state index in [1.807, 2.05) is 52.0 Å². The maximum Gasteiger partial charge on any atom is 0.247 e. The highest BCUT2D eigenvalue weighted by Gasteiger charge is 2.49. The number of benzene rings is 2. The molecule has 3 amide bonds. The van der Waals surface area contributed by atoms with Crippen LogP contribution in [-0.2, 0) is 37.1 Å². The monoisotopic (exact) mass is 539 g/mol. The molecule has 0 spiro atoms. The molecule has 0 aromatic heterocycles. The molecular formula is C29H37N3O5S. The van der Waals surface area contributed by atoms with Gasteiger partial charge < -0.3 is 15.5 Å². The van der Waals surface area contributed by atoms with Gasteiger partial charge in [0.15, 0.2) is 9.84 Å². The number of rotatable bonds is 8. The summed E-state index contributed by atoms with van der Waals surface area (Å²) in [6, 6.07) is 11.2. The van der Waals surface area contributed by atoms with Crippen molar-refractivity contribution in [3.05, 3.63) is 65.2 Å². The second-order valence-electron chi connectivity index (χ2n) is 11.2. The SMILES string of the molecule is CC(C)C[C@@H]1C(=O)N[C@H](C2Cc3ccccc3C2)C(=O)N1[C@H](C(=O)NC(C)C)c1ccc(S(C)(=O)=O)cc1. The summed E-state index contributed by atoms with van der Waals surface area (Å²) in [5.41, 5.74) is 2.79. The molecule has 8 nitrogen and oxygen atoms in total. The van der Waals surface area contributed by atoms with E-state index in [4.69, 9.17) is 0 Å². The quantitative estimate of drug-likeness (QED) is 0.536. The lowest BCUT2D eigenvalue weighted by molar-refractivity contribution is -0.158. The van der Waals surface area contributed by atoms with Gasteiger partial charge in [-0.2, -0.15) is 0 Å². The average Bonchev–Trinajstić information content (AvgIpc) is 3.26. The van der Waals surface area contributed by atoms with Crippen molar-refractivity contribution in [2.75, 3.05) is 6.26 Å². The van der Waals surface area contributed by atoms with Crippen LogP contribution in [0.5, 0.6) is 0 Å². The number of hydrogen-bond donors (Lipinski definition) is 2. The van der Waals surface area contributed by atoms with Gasteiger partial charge in [0, 0.05) is 12.3 Å². The maximum atomic E-state index is 14.3. The summed E-state index contributed by atoms with van der Waals surface area (Å²) in [6.45, 7) is 7.60. The first-order valence-corrected chi connectivity index (χ1v) is 15.1. The Morgan fingerprint density at radius 2 is 1.58 bits per heavy atom. The van der Waals surface area contributed by atoms with E-state index >= 15 is 0 Å². The zero-order valence-corrected chi connectivity index (χ0v) is 23.4. The highest BCUT2D eigenvalue weighted by Crippen LogP contribution is 2.35. The zero-order valence-electron chi connectivity index (χ0n) is 22.6. The molecule has 38 heavy (non-hydrogen) atoms. The molecule has 4 rings (SSSR count). The molecule has 0 bridgehead atoms. The smallest absolute Gasteiger partial charge is 0.247 e. The van der Waals surface area contributed by atoms with Crippen molar-refractivity contribution in [1.29, 1.82) is 0 Å². The normalized spacial score (nSPS) is 21.0. The predicted octanol–water partition coefficient (Wildman–Crippen LogP) is 2.81. The van der Waals surface area contributed by atoms with E-state index in [0.717, 1.165) is 6.26 Å². The molecule has 1 saturated heterocycles. The first kappa shape index (κ1) is 27.8. The Labute approximate surface area is 225 Å². The van der Waals surface area contributed by atoms with Crippen LogP contribution in [0.1, 0.15) is 56.8 Å². The third-order valence-electron chi connectivity index (χ3n) is 7.29. The third kappa shape index (κ3) is 5.77. The molecule has 2 aromatic carbocycles. The van der Waals surface area contributed by atoms with Gasteiger partial charge in [-0.3, -0.25) is 14.4 Å². The molecule has 2 aliphatic rings. The highest BCUT2D eigenvalue weighted by molar-refractivity contribution is 7.90. The maximum absolute atomic E-state index is 14.3. The Bertz CT molecular complexity index is 1290. The fourth-order valence-electron chi connectivity index (χ4n) is 5.57. The number of nitrogens with one attached hydrogen (secondary N) is 2. The summed E-state index contributed by atoms with van der Waals surface area (Å²) in [5.74, 6) is -0.988. The van der Waals surface area contributed by atoms with Crippen LogP contribution in [0.15, 0.2) is 53.4 Å². The van der Waals surface area contributed by atoms with E-state index in [1.165, 1.54) is 28.2 Å². The molecule has 1 aliphatic heterocycles. The lowest BCUT2D eigenvalue weighted by Gasteiger charge is -2.45. The minimum absolute atomic E-state index is 0.0924. The van der Waals surface area contributed by atoms with Crippen LogP contribution in [0.25, 0.3) is 0 Å². The van der Waals surface area contributed by atoms with Crippen LogP contribution >= 0.6 is 0 Å². The zero-order chi connectivity index (χ0) is 27.8. The van der Waals surface area contributed by atoms with E-state index in [1.54, 1.807) is 12.1 Å². The van der Waals surface area contributed by atoms with Crippen LogP contribution in [0.4, 0.5) is 0 Å². The van der Waals surface area contributed by atoms with Gasteiger partial charge in [0.25, 0.3) is 0 Å². The van der Waals surface area contributed by atoms with Crippen molar-refractivity contribution in [2.45, 2.75) is 76.0 Å². The van der Waals surface area contributed by atoms with E-state index in [9.17, 15) is 22.8 Å². The summed E-state index contributed by atoms with van der Waals surface area (Å²) in [4.78, 5) is 43.1. The van der Waals surface area contributed by atoms with Crippen LogP contribution < -0.4 is 10.6 Å². The van der Waals surface area contributed by atoms with Gasteiger partial charge in [0.05, 0.1) is 4.90 Å². The lowest BCUT2D eigenvalue weighted by atomic mass is 9.88.